The topological polar surface area (TPSA) is 76.1 Å². The SMILES string of the molecule is CSc1cnc(N[C@@H]2CC[C@@H](NC(=O)OC(C)(C)C)C2)nc1. The predicted octanol–water partition coefficient (Wildman–Crippen LogP) is 3.06. The molecule has 1 saturated carbocycles. The normalized spacial score (nSPS) is 21.5. The van der Waals surface area contributed by atoms with Crippen LogP contribution in [-0.2, 0) is 4.74 Å². The Balaban J connectivity index is 1.78. The lowest BCUT2D eigenvalue weighted by atomic mass is 10.2. The van der Waals surface area contributed by atoms with Crippen molar-refractivity contribution in [2.45, 2.75) is 62.6 Å². The van der Waals surface area contributed by atoms with Crippen LogP contribution >= 0.6 is 11.8 Å². The smallest absolute Gasteiger partial charge is 0.407 e. The molecule has 0 saturated heterocycles. The molecule has 1 fully saturated rings. The maximum absolute atomic E-state index is 11.8. The molecular formula is C15H24N4O2S. The highest BCUT2D eigenvalue weighted by Gasteiger charge is 2.28. The lowest BCUT2D eigenvalue weighted by Gasteiger charge is -2.21. The molecule has 0 aromatic carbocycles. The second-order valence-corrected chi connectivity index (χ2v) is 7.32. The van der Waals surface area contributed by atoms with Crippen molar-refractivity contribution < 1.29 is 9.53 Å². The first-order valence-corrected chi connectivity index (χ1v) is 8.70. The minimum Gasteiger partial charge on any atom is -0.444 e. The number of hydrogen-bond donors (Lipinski definition) is 2. The summed E-state index contributed by atoms with van der Waals surface area (Å²) < 4.78 is 5.28. The Hall–Kier alpha value is -1.50. The third-order valence-corrected chi connectivity index (χ3v) is 4.03. The van der Waals surface area contributed by atoms with Crippen LogP contribution in [0.5, 0.6) is 0 Å². The van der Waals surface area contributed by atoms with Gasteiger partial charge in [0.2, 0.25) is 5.95 Å². The summed E-state index contributed by atoms with van der Waals surface area (Å²) in [5.74, 6) is 0.640. The molecule has 0 aliphatic heterocycles. The molecule has 2 N–H and O–H groups in total. The summed E-state index contributed by atoms with van der Waals surface area (Å²) in [6, 6.07) is 0.415. The van der Waals surface area contributed by atoms with Crippen molar-refractivity contribution in [3.63, 3.8) is 0 Å². The van der Waals surface area contributed by atoms with E-state index in [1.807, 2.05) is 39.4 Å². The number of amides is 1. The zero-order valence-electron chi connectivity index (χ0n) is 13.5. The minimum absolute atomic E-state index is 0.137. The number of carbonyl (C=O) groups is 1. The Morgan fingerprint density at radius 3 is 2.50 bits per heavy atom. The second kappa shape index (κ2) is 7.17. The van der Waals surface area contributed by atoms with Gasteiger partial charge in [0.15, 0.2) is 0 Å². The van der Waals surface area contributed by atoms with Crippen molar-refractivity contribution in [1.29, 1.82) is 0 Å². The zero-order valence-corrected chi connectivity index (χ0v) is 14.4. The van der Waals surface area contributed by atoms with Crippen LogP contribution in [0.25, 0.3) is 0 Å². The molecule has 122 valence electrons. The molecule has 1 amide bonds. The largest absolute Gasteiger partial charge is 0.444 e. The van der Waals surface area contributed by atoms with Gasteiger partial charge in [0, 0.05) is 29.4 Å². The highest BCUT2D eigenvalue weighted by molar-refractivity contribution is 7.98. The van der Waals surface area contributed by atoms with Crippen molar-refractivity contribution in [1.82, 2.24) is 15.3 Å². The third kappa shape index (κ3) is 5.36. The van der Waals surface area contributed by atoms with Crippen LogP contribution in [0.15, 0.2) is 17.3 Å². The van der Waals surface area contributed by atoms with E-state index in [9.17, 15) is 4.79 Å². The highest BCUT2D eigenvalue weighted by atomic mass is 32.2. The van der Waals surface area contributed by atoms with Crippen LogP contribution < -0.4 is 10.6 Å². The van der Waals surface area contributed by atoms with Gasteiger partial charge in [-0.1, -0.05) is 0 Å². The summed E-state index contributed by atoms with van der Waals surface area (Å²) in [5, 5.41) is 6.24. The third-order valence-electron chi connectivity index (χ3n) is 3.35. The van der Waals surface area contributed by atoms with E-state index >= 15 is 0 Å². The van der Waals surface area contributed by atoms with Gasteiger partial charge in [-0.25, -0.2) is 14.8 Å². The van der Waals surface area contributed by atoms with E-state index in [0.29, 0.717) is 5.95 Å². The summed E-state index contributed by atoms with van der Waals surface area (Å²) in [5.41, 5.74) is -0.465. The zero-order chi connectivity index (χ0) is 16.2. The van der Waals surface area contributed by atoms with E-state index in [2.05, 4.69) is 20.6 Å². The van der Waals surface area contributed by atoms with Crippen molar-refractivity contribution in [3.05, 3.63) is 12.4 Å². The Morgan fingerprint density at radius 2 is 1.91 bits per heavy atom. The standard InChI is InChI=1S/C15H24N4O2S/c1-15(2,3)21-14(20)19-11-6-5-10(7-11)18-13-16-8-12(22-4)9-17-13/h8-11H,5-7H2,1-4H3,(H,19,20)(H,16,17,18)/t10-,11-/m1/s1. The number of carbonyl (C=O) groups excluding carboxylic acids is 1. The molecule has 0 unspecified atom stereocenters. The van der Waals surface area contributed by atoms with Crippen LogP contribution in [0, 0.1) is 0 Å². The molecule has 0 spiro atoms. The molecule has 2 rings (SSSR count). The minimum atomic E-state index is -0.465. The Labute approximate surface area is 135 Å². The number of ether oxygens (including phenoxy) is 1. The van der Waals surface area contributed by atoms with E-state index in [1.165, 1.54) is 0 Å². The van der Waals surface area contributed by atoms with Gasteiger partial charge in [-0.15, -0.1) is 11.8 Å². The summed E-state index contributed by atoms with van der Waals surface area (Å²) in [6.07, 6.45) is 8.03. The van der Waals surface area contributed by atoms with Gasteiger partial charge in [0.05, 0.1) is 0 Å². The quantitative estimate of drug-likeness (QED) is 0.829. The van der Waals surface area contributed by atoms with Crippen molar-refractivity contribution in [2.24, 2.45) is 0 Å². The average Bonchev–Trinajstić information content (AvgIpc) is 2.84. The first kappa shape index (κ1) is 16.9. The number of thioether (sulfide) groups is 1. The van der Waals surface area contributed by atoms with Gasteiger partial charge in [0.1, 0.15) is 5.60 Å². The summed E-state index contributed by atoms with van der Waals surface area (Å²) >= 11 is 1.62. The fraction of sp³-hybridized carbons (Fsp3) is 0.667. The Kier molecular flexibility index (Phi) is 5.50. The van der Waals surface area contributed by atoms with Crippen LogP contribution in [0.4, 0.5) is 10.7 Å². The molecule has 0 bridgehead atoms. The molecule has 1 aromatic heterocycles. The number of anilines is 1. The van der Waals surface area contributed by atoms with Crippen molar-refractivity contribution in [3.8, 4) is 0 Å². The van der Waals surface area contributed by atoms with E-state index in [4.69, 9.17) is 4.74 Å². The van der Waals surface area contributed by atoms with Crippen LogP contribution in [0.1, 0.15) is 40.0 Å². The van der Waals surface area contributed by atoms with E-state index in [0.717, 1.165) is 24.2 Å². The molecule has 7 heteroatoms. The van der Waals surface area contributed by atoms with E-state index in [1.54, 1.807) is 11.8 Å². The van der Waals surface area contributed by atoms with Gasteiger partial charge >= 0.3 is 6.09 Å². The molecule has 6 nitrogen and oxygen atoms in total. The average molecular weight is 324 g/mol. The summed E-state index contributed by atoms with van der Waals surface area (Å²) in [4.78, 5) is 21.4. The van der Waals surface area contributed by atoms with Gasteiger partial charge in [-0.05, 0) is 46.3 Å². The molecule has 22 heavy (non-hydrogen) atoms. The van der Waals surface area contributed by atoms with Crippen LogP contribution in [0.3, 0.4) is 0 Å². The monoisotopic (exact) mass is 324 g/mol. The van der Waals surface area contributed by atoms with Crippen LogP contribution in [0.2, 0.25) is 0 Å². The second-order valence-electron chi connectivity index (χ2n) is 6.44. The van der Waals surface area contributed by atoms with Gasteiger partial charge in [-0.3, -0.25) is 0 Å². The maximum Gasteiger partial charge on any atom is 0.407 e. The molecule has 1 heterocycles. The van der Waals surface area contributed by atoms with Crippen molar-refractivity contribution >= 4 is 23.8 Å². The predicted molar refractivity (Wildman–Crippen MR) is 88.2 cm³/mol. The lowest BCUT2D eigenvalue weighted by Crippen LogP contribution is -2.38. The maximum atomic E-state index is 11.8. The number of nitrogens with one attached hydrogen (secondary N) is 2. The number of rotatable bonds is 4. The van der Waals surface area contributed by atoms with E-state index in [-0.39, 0.29) is 18.2 Å². The lowest BCUT2D eigenvalue weighted by molar-refractivity contribution is 0.0505. The first-order valence-electron chi connectivity index (χ1n) is 7.48. The molecule has 1 aliphatic carbocycles. The number of nitrogens with zero attached hydrogens (tertiary/aromatic N) is 2. The van der Waals surface area contributed by atoms with E-state index < -0.39 is 5.60 Å². The number of hydrogen-bond acceptors (Lipinski definition) is 6. The van der Waals surface area contributed by atoms with Crippen LogP contribution in [-0.4, -0.2) is 40.0 Å². The van der Waals surface area contributed by atoms with Gasteiger partial charge in [-0.2, -0.15) is 0 Å². The van der Waals surface area contributed by atoms with Crippen molar-refractivity contribution in [2.75, 3.05) is 11.6 Å². The Morgan fingerprint density at radius 1 is 1.27 bits per heavy atom. The molecule has 2 atom stereocenters. The summed E-state index contributed by atoms with van der Waals surface area (Å²) in [6.45, 7) is 5.59. The summed E-state index contributed by atoms with van der Waals surface area (Å²) in [7, 11) is 0. The highest BCUT2D eigenvalue weighted by Crippen LogP contribution is 2.22. The number of aromatic nitrogens is 2. The fourth-order valence-electron chi connectivity index (χ4n) is 2.40. The van der Waals surface area contributed by atoms with Gasteiger partial charge in [0.25, 0.3) is 0 Å². The molecule has 1 aromatic rings. The number of alkyl carbamates (subject to hydrolysis) is 1. The fourth-order valence-corrected chi connectivity index (χ4v) is 2.71. The molecule has 0 radical (unpaired) electrons. The Bertz CT molecular complexity index is 501. The first-order chi connectivity index (χ1) is 10.4. The molecular weight excluding hydrogens is 300 g/mol. The van der Waals surface area contributed by atoms with Gasteiger partial charge < -0.3 is 15.4 Å². The molecule has 1 aliphatic rings.